The number of halogens is 1. The smallest absolute Gasteiger partial charge is 0.273 e. The van der Waals surface area contributed by atoms with Crippen molar-refractivity contribution in [3.8, 4) is 5.69 Å². The van der Waals surface area contributed by atoms with Crippen molar-refractivity contribution in [2.45, 2.75) is 32.8 Å². The molecular formula is C16H21FN4O2. The average Bonchev–Trinajstić information content (AvgIpc) is 3.04. The number of nitrogens with zero attached hydrogens (tertiary/aromatic N) is 3. The maximum atomic E-state index is 12.9. The Bertz CT molecular complexity index is 638. The molecule has 0 saturated carbocycles. The molecule has 1 aromatic heterocycles. The number of benzene rings is 1. The Balaban J connectivity index is 1.97. The Kier molecular flexibility index (Phi) is 5.81. The van der Waals surface area contributed by atoms with Crippen LogP contribution in [0.4, 0.5) is 4.39 Å². The molecule has 23 heavy (non-hydrogen) atoms. The van der Waals surface area contributed by atoms with Gasteiger partial charge in [0.1, 0.15) is 5.82 Å². The van der Waals surface area contributed by atoms with E-state index < -0.39 is 12.0 Å². The second kappa shape index (κ2) is 7.82. The predicted molar refractivity (Wildman–Crippen MR) is 83.7 cm³/mol. The summed E-state index contributed by atoms with van der Waals surface area (Å²) >= 11 is 0. The molecule has 1 atom stereocenters. The first-order valence-electron chi connectivity index (χ1n) is 7.69. The zero-order chi connectivity index (χ0) is 16.8. The highest BCUT2D eigenvalue weighted by atomic mass is 19.1. The van der Waals surface area contributed by atoms with Gasteiger partial charge in [-0.15, -0.1) is 5.10 Å². The van der Waals surface area contributed by atoms with Crippen LogP contribution in [0.3, 0.4) is 0 Å². The van der Waals surface area contributed by atoms with E-state index in [2.05, 4.69) is 15.5 Å². The average molecular weight is 320 g/mol. The maximum Gasteiger partial charge on any atom is 0.273 e. The van der Waals surface area contributed by atoms with Gasteiger partial charge in [0.05, 0.1) is 18.0 Å². The molecule has 1 aromatic carbocycles. The summed E-state index contributed by atoms with van der Waals surface area (Å²) in [7, 11) is 0. The molecule has 7 heteroatoms. The molecule has 0 spiro atoms. The fraction of sp³-hybridized carbons (Fsp3) is 0.438. The van der Waals surface area contributed by atoms with Gasteiger partial charge in [0, 0.05) is 6.54 Å². The standard InChI is InChI=1S/C16H21FN4O2/c1-3-11(4-2)15(22)10-18-16(23)14-9-19-21(20-14)13-7-5-12(17)6-8-13/h5-9,11,15,22H,3-4,10H2,1-2H3,(H,18,23). The number of nitrogens with one attached hydrogen (secondary N) is 1. The summed E-state index contributed by atoms with van der Waals surface area (Å²) in [5.74, 6) is -0.595. The summed E-state index contributed by atoms with van der Waals surface area (Å²) in [6.07, 6.45) is 2.46. The summed E-state index contributed by atoms with van der Waals surface area (Å²) in [6, 6.07) is 5.64. The van der Waals surface area contributed by atoms with Gasteiger partial charge in [-0.3, -0.25) is 4.79 Å². The first-order valence-corrected chi connectivity index (χ1v) is 7.69. The summed E-state index contributed by atoms with van der Waals surface area (Å²) in [5.41, 5.74) is 0.702. The maximum absolute atomic E-state index is 12.9. The van der Waals surface area contributed by atoms with E-state index in [-0.39, 0.29) is 24.0 Å². The number of aliphatic hydroxyl groups excluding tert-OH is 1. The quantitative estimate of drug-likeness (QED) is 0.817. The predicted octanol–water partition coefficient (Wildman–Crippen LogP) is 1.93. The van der Waals surface area contributed by atoms with Gasteiger partial charge in [-0.1, -0.05) is 26.7 Å². The molecule has 2 N–H and O–H groups in total. The second-order valence-electron chi connectivity index (χ2n) is 5.35. The van der Waals surface area contributed by atoms with Crippen LogP contribution < -0.4 is 5.32 Å². The minimum absolute atomic E-state index is 0.145. The molecule has 6 nitrogen and oxygen atoms in total. The zero-order valence-corrected chi connectivity index (χ0v) is 13.2. The number of aromatic nitrogens is 3. The Hall–Kier alpha value is -2.28. The molecule has 1 unspecified atom stereocenters. The summed E-state index contributed by atoms with van der Waals surface area (Å²) < 4.78 is 12.9. The van der Waals surface area contributed by atoms with Gasteiger partial charge in [0.15, 0.2) is 5.69 Å². The molecule has 0 saturated heterocycles. The third kappa shape index (κ3) is 4.35. The molecule has 0 aliphatic carbocycles. The lowest BCUT2D eigenvalue weighted by Crippen LogP contribution is -2.36. The van der Waals surface area contributed by atoms with Gasteiger partial charge in [0.25, 0.3) is 5.91 Å². The molecule has 0 aliphatic rings. The van der Waals surface area contributed by atoms with Crippen LogP contribution in [0, 0.1) is 11.7 Å². The Morgan fingerprint density at radius 1 is 1.30 bits per heavy atom. The van der Waals surface area contributed by atoms with Crippen molar-refractivity contribution in [2.75, 3.05) is 6.54 Å². The molecule has 1 amide bonds. The number of hydrogen-bond donors (Lipinski definition) is 2. The van der Waals surface area contributed by atoms with Crippen LogP contribution >= 0.6 is 0 Å². The number of hydrogen-bond acceptors (Lipinski definition) is 4. The summed E-state index contributed by atoms with van der Waals surface area (Å²) in [4.78, 5) is 13.3. The van der Waals surface area contributed by atoms with Gasteiger partial charge in [-0.2, -0.15) is 9.90 Å². The van der Waals surface area contributed by atoms with Crippen LogP contribution in [0.15, 0.2) is 30.5 Å². The lowest BCUT2D eigenvalue weighted by Gasteiger charge is -2.19. The van der Waals surface area contributed by atoms with Crippen LogP contribution in [-0.4, -0.2) is 38.7 Å². The number of carbonyl (C=O) groups is 1. The fourth-order valence-corrected chi connectivity index (χ4v) is 2.35. The molecule has 0 aliphatic heterocycles. The van der Waals surface area contributed by atoms with E-state index in [4.69, 9.17) is 0 Å². The highest BCUT2D eigenvalue weighted by molar-refractivity contribution is 5.91. The van der Waals surface area contributed by atoms with Gasteiger partial charge in [-0.05, 0) is 30.2 Å². The van der Waals surface area contributed by atoms with Crippen molar-refractivity contribution in [3.05, 3.63) is 42.0 Å². The van der Waals surface area contributed by atoms with Gasteiger partial charge < -0.3 is 10.4 Å². The lowest BCUT2D eigenvalue weighted by molar-refractivity contribution is 0.0812. The summed E-state index contributed by atoms with van der Waals surface area (Å²) in [6.45, 7) is 4.19. The molecule has 2 rings (SSSR count). The Morgan fingerprint density at radius 2 is 1.96 bits per heavy atom. The van der Waals surface area contributed by atoms with Crippen LogP contribution in [-0.2, 0) is 0 Å². The van der Waals surface area contributed by atoms with Crippen molar-refractivity contribution in [2.24, 2.45) is 5.92 Å². The number of aliphatic hydroxyl groups is 1. The highest BCUT2D eigenvalue weighted by Crippen LogP contribution is 2.12. The third-order valence-corrected chi connectivity index (χ3v) is 3.85. The first-order chi connectivity index (χ1) is 11.0. The van der Waals surface area contributed by atoms with Crippen molar-refractivity contribution in [3.63, 3.8) is 0 Å². The van der Waals surface area contributed by atoms with Crippen LogP contribution in [0.1, 0.15) is 37.2 Å². The zero-order valence-electron chi connectivity index (χ0n) is 13.2. The molecule has 1 heterocycles. The van der Waals surface area contributed by atoms with Gasteiger partial charge >= 0.3 is 0 Å². The van der Waals surface area contributed by atoms with E-state index in [9.17, 15) is 14.3 Å². The van der Waals surface area contributed by atoms with Gasteiger partial charge in [0.2, 0.25) is 0 Å². The molecule has 0 bridgehead atoms. The van der Waals surface area contributed by atoms with Gasteiger partial charge in [-0.25, -0.2) is 4.39 Å². The number of carbonyl (C=O) groups excluding carboxylic acids is 1. The van der Waals surface area contributed by atoms with E-state index in [1.165, 1.54) is 35.3 Å². The van der Waals surface area contributed by atoms with Crippen LogP contribution in [0.5, 0.6) is 0 Å². The minimum Gasteiger partial charge on any atom is -0.391 e. The Labute approximate surface area is 134 Å². The topological polar surface area (TPSA) is 80.0 Å². The molecule has 0 fully saturated rings. The molecular weight excluding hydrogens is 299 g/mol. The van der Waals surface area contributed by atoms with Crippen molar-refractivity contribution in [1.29, 1.82) is 0 Å². The number of rotatable bonds is 7. The minimum atomic E-state index is -0.582. The Morgan fingerprint density at radius 3 is 2.57 bits per heavy atom. The van der Waals surface area contributed by atoms with Crippen LogP contribution in [0.25, 0.3) is 5.69 Å². The monoisotopic (exact) mass is 320 g/mol. The number of amides is 1. The largest absolute Gasteiger partial charge is 0.391 e. The normalized spacial score (nSPS) is 12.4. The van der Waals surface area contributed by atoms with Crippen molar-refractivity contribution < 1.29 is 14.3 Å². The highest BCUT2D eigenvalue weighted by Gasteiger charge is 2.18. The molecule has 0 radical (unpaired) electrons. The van der Waals surface area contributed by atoms with E-state index >= 15 is 0 Å². The summed E-state index contributed by atoms with van der Waals surface area (Å²) in [5, 5.41) is 20.7. The van der Waals surface area contributed by atoms with Crippen molar-refractivity contribution in [1.82, 2.24) is 20.3 Å². The van der Waals surface area contributed by atoms with E-state index in [1.54, 1.807) is 0 Å². The van der Waals surface area contributed by atoms with E-state index in [0.29, 0.717) is 5.69 Å². The van der Waals surface area contributed by atoms with Crippen LogP contribution in [0.2, 0.25) is 0 Å². The van der Waals surface area contributed by atoms with E-state index in [0.717, 1.165) is 12.8 Å². The van der Waals surface area contributed by atoms with E-state index in [1.807, 2.05) is 13.8 Å². The van der Waals surface area contributed by atoms with Crippen molar-refractivity contribution >= 4 is 5.91 Å². The fourth-order valence-electron chi connectivity index (χ4n) is 2.35. The molecule has 2 aromatic rings. The molecule has 124 valence electrons. The lowest BCUT2D eigenvalue weighted by atomic mass is 9.96. The SMILES string of the molecule is CCC(CC)C(O)CNC(=O)c1cnn(-c2ccc(F)cc2)n1. The first kappa shape index (κ1) is 17.1. The second-order valence-corrected chi connectivity index (χ2v) is 5.35. The third-order valence-electron chi connectivity index (χ3n) is 3.85.